The van der Waals surface area contributed by atoms with Crippen molar-refractivity contribution in [3.05, 3.63) is 71.3 Å². The first-order valence-electron chi connectivity index (χ1n) is 13.7. The van der Waals surface area contributed by atoms with Gasteiger partial charge in [0.2, 0.25) is 0 Å². The van der Waals surface area contributed by atoms with Crippen molar-refractivity contribution >= 4 is 29.3 Å². The molecule has 0 atom stereocenters. The van der Waals surface area contributed by atoms with Crippen LogP contribution in [0.15, 0.2) is 54.6 Å². The summed E-state index contributed by atoms with van der Waals surface area (Å²) in [6, 6.07) is 17.8. The summed E-state index contributed by atoms with van der Waals surface area (Å²) in [5.41, 5.74) is 7.73. The van der Waals surface area contributed by atoms with Gasteiger partial charge in [-0.15, -0.1) is 0 Å². The van der Waals surface area contributed by atoms with Crippen molar-refractivity contribution in [2.75, 3.05) is 10.7 Å². The van der Waals surface area contributed by atoms with E-state index in [0.29, 0.717) is 23.7 Å². The molecule has 2 amide bonds. The zero-order chi connectivity index (χ0) is 27.6. The maximum absolute atomic E-state index is 13.5. The number of amides is 2. The van der Waals surface area contributed by atoms with Gasteiger partial charge in [-0.1, -0.05) is 61.7 Å². The first-order chi connectivity index (χ1) is 18.7. The molecule has 0 bridgehead atoms. The van der Waals surface area contributed by atoms with E-state index in [-0.39, 0.29) is 11.9 Å². The highest BCUT2D eigenvalue weighted by molar-refractivity contribution is 6.06. The molecule has 0 radical (unpaired) electrons. The van der Waals surface area contributed by atoms with Crippen molar-refractivity contribution in [1.82, 2.24) is 15.3 Å². The van der Waals surface area contributed by atoms with Crippen LogP contribution in [0.3, 0.4) is 0 Å². The summed E-state index contributed by atoms with van der Waals surface area (Å²) in [4.78, 5) is 31.6. The molecule has 1 aliphatic carbocycles. The second-order valence-electron chi connectivity index (χ2n) is 11.3. The molecule has 2 heterocycles. The number of nitrogens with one attached hydrogen (secondary N) is 3. The van der Waals surface area contributed by atoms with Crippen LogP contribution in [0.4, 0.5) is 22.1 Å². The molecule has 3 aromatic rings. The number of fused-ring (bicyclic) bond motifs is 1. The third-order valence-electron chi connectivity index (χ3n) is 7.05. The van der Waals surface area contributed by atoms with Crippen molar-refractivity contribution in [2.24, 2.45) is 0 Å². The smallest absolute Gasteiger partial charge is 0.429 e. The van der Waals surface area contributed by atoms with Gasteiger partial charge in [0.15, 0.2) is 5.82 Å². The molecule has 3 N–H and O–H groups in total. The van der Waals surface area contributed by atoms with E-state index in [0.717, 1.165) is 60.0 Å². The van der Waals surface area contributed by atoms with Crippen LogP contribution in [0.25, 0.3) is 11.1 Å². The fourth-order valence-electron chi connectivity index (χ4n) is 5.31. The Labute approximate surface area is 230 Å². The van der Waals surface area contributed by atoms with Crippen LogP contribution < -0.4 is 16.1 Å². The fourth-order valence-corrected chi connectivity index (χ4v) is 5.31. The maximum atomic E-state index is 13.5. The van der Waals surface area contributed by atoms with E-state index in [2.05, 4.69) is 16.1 Å². The fraction of sp³-hybridized carbons (Fsp3) is 0.387. The Morgan fingerprint density at radius 2 is 1.74 bits per heavy atom. The van der Waals surface area contributed by atoms with E-state index in [4.69, 9.17) is 9.72 Å². The Kier molecular flexibility index (Phi) is 7.46. The minimum Gasteiger partial charge on any atom is -0.442 e. The summed E-state index contributed by atoms with van der Waals surface area (Å²) in [7, 11) is 0. The molecule has 204 valence electrons. The molecule has 39 heavy (non-hydrogen) atoms. The number of benzene rings is 2. The highest BCUT2D eigenvalue weighted by Gasteiger charge is 2.34. The maximum Gasteiger partial charge on any atom is 0.429 e. The first-order valence-corrected chi connectivity index (χ1v) is 13.7. The average molecular weight is 528 g/mol. The predicted octanol–water partition coefficient (Wildman–Crippen LogP) is 6.94. The Balaban J connectivity index is 1.64. The largest absolute Gasteiger partial charge is 0.442 e. The number of nitrogens with zero attached hydrogens (tertiary/aromatic N) is 2. The van der Waals surface area contributed by atoms with E-state index in [9.17, 15) is 9.59 Å². The van der Waals surface area contributed by atoms with Gasteiger partial charge in [-0.3, -0.25) is 10.2 Å². The molecular formula is C31H37N5O3. The Morgan fingerprint density at radius 1 is 1.00 bits per heavy atom. The number of hydrazine groups is 1. The van der Waals surface area contributed by atoms with Gasteiger partial charge in [0.1, 0.15) is 11.4 Å². The summed E-state index contributed by atoms with van der Waals surface area (Å²) in [5, 5.41) is 7.96. The molecule has 8 nitrogen and oxygen atoms in total. The number of pyridine rings is 1. The number of anilines is 3. The highest BCUT2D eigenvalue weighted by atomic mass is 16.6. The SMILES string of the molecule is Cc1cccc(Nc2nc(NN(C(=O)OC(C)(C)C)C3CCCCC3)c(-c3ccccc3)c3c2C(=O)NC3)c1. The number of aryl methyl sites for hydroxylation is 1. The number of ether oxygens (including phenoxy) is 1. The average Bonchev–Trinajstić information content (AvgIpc) is 3.28. The molecule has 1 aliphatic heterocycles. The van der Waals surface area contributed by atoms with Crippen LogP contribution in [-0.2, 0) is 11.3 Å². The molecule has 0 saturated heterocycles. The normalized spacial score (nSPS) is 15.3. The quantitative estimate of drug-likeness (QED) is 0.301. The van der Waals surface area contributed by atoms with Crippen LogP contribution in [0.2, 0.25) is 0 Å². The molecule has 1 saturated carbocycles. The highest BCUT2D eigenvalue weighted by Crippen LogP contribution is 2.39. The molecule has 1 aromatic heterocycles. The zero-order valence-corrected chi connectivity index (χ0v) is 23.1. The Morgan fingerprint density at radius 3 is 2.44 bits per heavy atom. The van der Waals surface area contributed by atoms with Crippen molar-refractivity contribution < 1.29 is 14.3 Å². The lowest BCUT2D eigenvalue weighted by Crippen LogP contribution is -2.48. The van der Waals surface area contributed by atoms with Gasteiger partial charge in [-0.05, 0) is 69.4 Å². The van der Waals surface area contributed by atoms with Crippen LogP contribution in [-0.4, -0.2) is 33.6 Å². The standard InChI is InChI=1S/C31H37N5O3/c1-20-12-11-15-22(18-20)33-27-26-24(19-32-29(26)37)25(21-13-7-5-8-14-21)28(34-27)35-36(23-16-9-6-10-17-23)30(38)39-31(2,3)4/h5,7-8,11-15,18,23H,6,9-10,16-17,19H2,1-4H3,(H,32,37)(H2,33,34,35). The number of hydrogen-bond acceptors (Lipinski definition) is 6. The van der Waals surface area contributed by atoms with Crippen LogP contribution in [0.1, 0.15) is 74.4 Å². The molecule has 8 heteroatoms. The Hall–Kier alpha value is -4.07. The van der Waals surface area contributed by atoms with Gasteiger partial charge in [0.05, 0.1) is 11.6 Å². The van der Waals surface area contributed by atoms with Crippen LogP contribution in [0, 0.1) is 6.92 Å². The van der Waals surface area contributed by atoms with E-state index >= 15 is 0 Å². The van der Waals surface area contributed by atoms with Gasteiger partial charge >= 0.3 is 6.09 Å². The van der Waals surface area contributed by atoms with Crippen molar-refractivity contribution in [3.63, 3.8) is 0 Å². The lowest BCUT2D eigenvalue weighted by atomic mass is 9.95. The van der Waals surface area contributed by atoms with Gasteiger partial charge in [-0.2, -0.15) is 0 Å². The summed E-state index contributed by atoms with van der Waals surface area (Å²) < 4.78 is 5.83. The van der Waals surface area contributed by atoms with Gasteiger partial charge in [0.25, 0.3) is 5.91 Å². The lowest BCUT2D eigenvalue weighted by Gasteiger charge is -2.36. The number of carbonyl (C=O) groups is 2. The van der Waals surface area contributed by atoms with Gasteiger partial charge in [-0.25, -0.2) is 14.8 Å². The van der Waals surface area contributed by atoms with Gasteiger partial charge < -0.3 is 15.4 Å². The number of carbonyl (C=O) groups excluding carboxylic acids is 2. The monoisotopic (exact) mass is 527 g/mol. The second-order valence-corrected chi connectivity index (χ2v) is 11.3. The molecule has 0 unspecified atom stereocenters. The number of aromatic nitrogens is 1. The van der Waals surface area contributed by atoms with Crippen molar-refractivity contribution in [3.8, 4) is 11.1 Å². The van der Waals surface area contributed by atoms with Crippen LogP contribution in [0.5, 0.6) is 0 Å². The van der Waals surface area contributed by atoms with E-state index in [1.54, 1.807) is 5.01 Å². The minimum atomic E-state index is -0.645. The second kappa shape index (κ2) is 11.0. The zero-order valence-electron chi connectivity index (χ0n) is 23.1. The van der Waals surface area contributed by atoms with Crippen molar-refractivity contribution in [1.29, 1.82) is 0 Å². The van der Waals surface area contributed by atoms with E-state index < -0.39 is 11.7 Å². The number of hydrogen-bond donors (Lipinski definition) is 3. The summed E-state index contributed by atoms with van der Waals surface area (Å²) in [6.45, 7) is 7.99. The third kappa shape index (κ3) is 6.00. The lowest BCUT2D eigenvalue weighted by molar-refractivity contribution is 0.0185. The Bertz CT molecular complexity index is 1360. The van der Waals surface area contributed by atoms with Crippen LogP contribution >= 0.6 is 0 Å². The third-order valence-corrected chi connectivity index (χ3v) is 7.05. The number of rotatable bonds is 6. The minimum absolute atomic E-state index is 0.0276. The summed E-state index contributed by atoms with van der Waals surface area (Å²) in [5.74, 6) is 0.774. The molecule has 5 rings (SSSR count). The first kappa shape index (κ1) is 26.5. The molecular weight excluding hydrogens is 490 g/mol. The molecule has 0 spiro atoms. The summed E-state index contributed by atoms with van der Waals surface area (Å²) in [6.07, 6.45) is 4.58. The van der Waals surface area contributed by atoms with E-state index in [1.807, 2.05) is 82.3 Å². The van der Waals surface area contributed by atoms with E-state index in [1.165, 1.54) is 0 Å². The van der Waals surface area contributed by atoms with Crippen molar-refractivity contribution in [2.45, 2.75) is 78.0 Å². The topological polar surface area (TPSA) is 95.6 Å². The van der Waals surface area contributed by atoms with Gasteiger partial charge in [0, 0.05) is 17.8 Å². The predicted molar refractivity (Wildman–Crippen MR) is 154 cm³/mol. The molecule has 2 aromatic carbocycles. The molecule has 2 aliphatic rings. The summed E-state index contributed by atoms with van der Waals surface area (Å²) >= 11 is 0. The molecule has 1 fully saturated rings.